The Labute approximate surface area is 217 Å². The Hall–Kier alpha value is -2.61. The van der Waals surface area contributed by atoms with E-state index in [0.29, 0.717) is 28.0 Å². The van der Waals surface area contributed by atoms with Crippen molar-refractivity contribution in [2.45, 2.75) is 25.4 Å². The van der Waals surface area contributed by atoms with Gasteiger partial charge in [-0.05, 0) is 65.6 Å². The van der Waals surface area contributed by atoms with E-state index in [4.69, 9.17) is 21.1 Å². The largest absolute Gasteiger partial charge is 0.493 e. The number of nitrogens with one attached hydrogen (secondary N) is 2. The van der Waals surface area contributed by atoms with E-state index >= 15 is 0 Å². The van der Waals surface area contributed by atoms with E-state index in [0.717, 1.165) is 27.7 Å². The molecule has 8 heteroatoms. The van der Waals surface area contributed by atoms with Crippen LogP contribution in [0.4, 0.5) is 5.69 Å². The molecule has 34 heavy (non-hydrogen) atoms. The van der Waals surface area contributed by atoms with E-state index in [9.17, 15) is 4.79 Å². The van der Waals surface area contributed by atoms with Crippen molar-refractivity contribution in [3.63, 3.8) is 0 Å². The minimum absolute atomic E-state index is 0.140. The molecule has 3 aromatic rings. The summed E-state index contributed by atoms with van der Waals surface area (Å²) in [5.41, 5.74) is 3.73. The van der Waals surface area contributed by atoms with Gasteiger partial charge in [-0.15, -0.1) is 0 Å². The quantitative estimate of drug-likeness (QED) is 0.296. The maximum Gasteiger partial charge on any atom is 0.260 e. The van der Waals surface area contributed by atoms with Crippen molar-refractivity contribution in [2.24, 2.45) is 0 Å². The third-order valence-electron chi connectivity index (χ3n) is 5.24. The fourth-order valence-corrected chi connectivity index (χ4v) is 4.93. The molecule has 0 spiro atoms. The first-order chi connectivity index (χ1) is 16.4. The first-order valence-electron chi connectivity index (χ1n) is 10.7. The van der Waals surface area contributed by atoms with Gasteiger partial charge in [-0.25, -0.2) is 0 Å². The maximum absolute atomic E-state index is 12.5. The summed E-state index contributed by atoms with van der Waals surface area (Å²) >= 11 is 11.4. The Kier molecular flexibility index (Phi) is 8.08. The van der Waals surface area contributed by atoms with E-state index < -0.39 is 0 Å². The SMILES string of the molecule is CCc1ccc(N[C@H]2NC(=O)/C(=C/c3cc(Cl)c(OCc4ccc(Br)cc4)c(OC)c3)S2)cc1. The summed E-state index contributed by atoms with van der Waals surface area (Å²) < 4.78 is 12.5. The lowest BCUT2D eigenvalue weighted by atomic mass is 10.1. The number of hydrogen-bond acceptors (Lipinski definition) is 5. The van der Waals surface area contributed by atoms with Crippen LogP contribution in [0.25, 0.3) is 6.08 Å². The molecule has 2 N–H and O–H groups in total. The average Bonchev–Trinajstić information content (AvgIpc) is 3.17. The van der Waals surface area contributed by atoms with Crippen molar-refractivity contribution < 1.29 is 14.3 Å². The molecular formula is C26H24BrClN2O3S. The van der Waals surface area contributed by atoms with Crippen molar-refractivity contribution in [1.82, 2.24) is 5.32 Å². The number of rotatable bonds is 8. The Balaban J connectivity index is 1.46. The van der Waals surface area contributed by atoms with E-state index in [2.05, 4.69) is 45.6 Å². The van der Waals surface area contributed by atoms with Gasteiger partial charge in [0.25, 0.3) is 5.91 Å². The fourth-order valence-electron chi connectivity index (χ4n) is 3.40. The van der Waals surface area contributed by atoms with Crippen LogP contribution in [0.2, 0.25) is 5.02 Å². The molecule has 3 aromatic carbocycles. The van der Waals surface area contributed by atoms with E-state index in [1.165, 1.54) is 17.3 Å². The molecule has 176 valence electrons. The number of halogens is 2. The molecule has 1 saturated heterocycles. The number of aryl methyl sites for hydroxylation is 1. The zero-order chi connectivity index (χ0) is 24.1. The lowest BCUT2D eigenvalue weighted by Crippen LogP contribution is -2.30. The van der Waals surface area contributed by atoms with Gasteiger partial charge in [-0.2, -0.15) is 0 Å². The molecule has 4 rings (SSSR count). The fraction of sp³-hybridized carbons (Fsp3) is 0.192. The molecule has 0 bridgehead atoms. The van der Waals surface area contributed by atoms with Gasteiger partial charge < -0.3 is 20.1 Å². The second-order valence-electron chi connectivity index (χ2n) is 7.62. The third kappa shape index (κ3) is 6.09. The molecule has 0 aliphatic carbocycles. The van der Waals surface area contributed by atoms with Gasteiger partial charge in [0.05, 0.1) is 17.0 Å². The highest BCUT2D eigenvalue weighted by Gasteiger charge is 2.27. The van der Waals surface area contributed by atoms with Gasteiger partial charge in [-0.3, -0.25) is 4.79 Å². The Morgan fingerprint density at radius 3 is 2.50 bits per heavy atom. The van der Waals surface area contributed by atoms with Crippen LogP contribution in [0.1, 0.15) is 23.6 Å². The van der Waals surface area contributed by atoms with E-state index in [1.54, 1.807) is 19.3 Å². The van der Waals surface area contributed by atoms with Gasteiger partial charge in [-0.1, -0.05) is 70.5 Å². The molecule has 0 radical (unpaired) electrons. The maximum atomic E-state index is 12.5. The molecule has 1 aliphatic rings. The van der Waals surface area contributed by atoms with Crippen LogP contribution >= 0.6 is 39.3 Å². The summed E-state index contributed by atoms with van der Waals surface area (Å²) in [6, 6.07) is 19.6. The van der Waals surface area contributed by atoms with Crippen LogP contribution in [0.5, 0.6) is 11.5 Å². The normalized spacial score (nSPS) is 16.4. The van der Waals surface area contributed by atoms with Gasteiger partial charge in [0.1, 0.15) is 6.61 Å². The average molecular weight is 560 g/mol. The van der Waals surface area contributed by atoms with Crippen molar-refractivity contribution >= 4 is 57.0 Å². The molecule has 1 aliphatic heterocycles. The van der Waals surface area contributed by atoms with E-state index in [1.807, 2.05) is 42.5 Å². The van der Waals surface area contributed by atoms with E-state index in [-0.39, 0.29) is 11.4 Å². The monoisotopic (exact) mass is 558 g/mol. The molecule has 1 atom stereocenters. The van der Waals surface area contributed by atoms with Crippen LogP contribution in [0.3, 0.4) is 0 Å². The van der Waals surface area contributed by atoms with Crippen LogP contribution in [0.15, 0.2) is 70.0 Å². The van der Waals surface area contributed by atoms with Gasteiger partial charge >= 0.3 is 0 Å². The zero-order valence-electron chi connectivity index (χ0n) is 18.7. The highest BCUT2D eigenvalue weighted by Crippen LogP contribution is 2.39. The smallest absolute Gasteiger partial charge is 0.260 e. The van der Waals surface area contributed by atoms with Gasteiger partial charge in [0, 0.05) is 10.2 Å². The molecule has 1 heterocycles. The minimum atomic E-state index is -0.253. The Morgan fingerprint density at radius 2 is 1.82 bits per heavy atom. The highest BCUT2D eigenvalue weighted by molar-refractivity contribution is 9.10. The van der Waals surface area contributed by atoms with Crippen LogP contribution in [-0.4, -0.2) is 18.5 Å². The summed E-state index contributed by atoms with van der Waals surface area (Å²) in [5, 5.41) is 6.70. The molecule has 1 amide bonds. The summed E-state index contributed by atoms with van der Waals surface area (Å²) in [6.45, 7) is 2.48. The van der Waals surface area contributed by atoms with Crippen molar-refractivity contribution in [1.29, 1.82) is 0 Å². The topological polar surface area (TPSA) is 59.6 Å². The second-order valence-corrected chi connectivity index (χ2v) is 10.1. The van der Waals surface area contributed by atoms with Gasteiger partial charge in [0.2, 0.25) is 0 Å². The van der Waals surface area contributed by atoms with Crippen LogP contribution in [-0.2, 0) is 17.8 Å². The first-order valence-corrected chi connectivity index (χ1v) is 12.8. The summed E-state index contributed by atoms with van der Waals surface area (Å²) in [4.78, 5) is 13.1. The number of ether oxygens (including phenoxy) is 2. The van der Waals surface area contributed by atoms with Crippen LogP contribution in [0, 0.1) is 0 Å². The third-order valence-corrected chi connectivity index (χ3v) is 7.07. The molecule has 0 saturated carbocycles. The molecular weight excluding hydrogens is 536 g/mol. The predicted octanol–water partition coefficient (Wildman–Crippen LogP) is 6.85. The number of anilines is 1. The van der Waals surface area contributed by atoms with Gasteiger partial charge in [0.15, 0.2) is 17.0 Å². The zero-order valence-corrected chi connectivity index (χ0v) is 21.9. The number of benzene rings is 3. The number of hydrogen-bond donors (Lipinski definition) is 2. The number of carbonyl (C=O) groups excluding carboxylic acids is 1. The number of carbonyl (C=O) groups is 1. The Bertz CT molecular complexity index is 1200. The molecule has 1 fully saturated rings. The number of thioether (sulfide) groups is 1. The summed E-state index contributed by atoms with van der Waals surface area (Å²) in [7, 11) is 1.57. The van der Waals surface area contributed by atoms with Crippen LogP contribution < -0.4 is 20.1 Å². The lowest BCUT2D eigenvalue weighted by molar-refractivity contribution is -0.116. The number of amides is 1. The summed E-state index contributed by atoms with van der Waals surface area (Å²) in [5.74, 6) is 0.830. The van der Waals surface area contributed by atoms with Crippen molar-refractivity contribution in [3.05, 3.63) is 91.8 Å². The summed E-state index contributed by atoms with van der Waals surface area (Å²) in [6.07, 6.45) is 2.79. The second kappa shape index (κ2) is 11.2. The predicted molar refractivity (Wildman–Crippen MR) is 143 cm³/mol. The van der Waals surface area contributed by atoms with Crippen molar-refractivity contribution in [2.75, 3.05) is 12.4 Å². The standard InChI is InChI=1S/C26H24BrClN2O3S/c1-3-16-6-10-20(11-7-16)29-26-30-25(31)23(34-26)14-18-12-21(28)24(22(13-18)32-2)33-15-17-4-8-19(27)9-5-17/h4-14,26,29H,3,15H2,1-2H3,(H,30,31)/b23-14-/t26-/m0/s1. The Morgan fingerprint density at radius 1 is 1.12 bits per heavy atom. The first kappa shape index (κ1) is 24.5. The van der Waals surface area contributed by atoms with Crippen molar-refractivity contribution in [3.8, 4) is 11.5 Å². The minimum Gasteiger partial charge on any atom is -0.493 e. The highest BCUT2D eigenvalue weighted by atomic mass is 79.9. The number of methoxy groups -OCH3 is 1. The molecule has 5 nitrogen and oxygen atoms in total. The molecule has 0 aromatic heterocycles. The lowest BCUT2D eigenvalue weighted by Gasteiger charge is -2.14. The molecule has 0 unspecified atom stereocenters.